The number of amides is 1. The highest BCUT2D eigenvalue weighted by Gasteiger charge is 2.18. The number of carbonyl (C=O) groups excluding carboxylic acids is 2. The van der Waals surface area contributed by atoms with Crippen molar-refractivity contribution < 1.29 is 22.7 Å². The highest BCUT2D eigenvalue weighted by molar-refractivity contribution is 7.89. The van der Waals surface area contributed by atoms with Gasteiger partial charge < -0.3 is 10.1 Å². The summed E-state index contributed by atoms with van der Waals surface area (Å²) >= 11 is 0. The van der Waals surface area contributed by atoms with E-state index >= 15 is 0 Å². The zero-order valence-corrected chi connectivity index (χ0v) is 24.9. The van der Waals surface area contributed by atoms with E-state index in [0.29, 0.717) is 11.3 Å². The van der Waals surface area contributed by atoms with E-state index in [2.05, 4.69) is 5.32 Å². The number of benzene rings is 4. The Labute approximate surface area is 256 Å². The van der Waals surface area contributed by atoms with Crippen LogP contribution >= 0.6 is 0 Å². The number of nitrogens with zero attached hydrogens (tertiary/aromatic N) is 3. The van der Waals surface area contributed by atoms with E-state index in [4.69, 9.17) is 9.84 Å². The Hall–Kier alpha value is -5.32. The lowest BCUT2D eigenvalue weighted by atomic mass is 10.0. The van der Waals surface area contributed by atoms with Crippen molar-refractivity contribution in [1.82, 2.24) is 14.1 Å². The molecule has 5 aromatic rings. The van der Waals surface area contributed by atoms with Gasteiger partial charge in [0.2, 0.25) is 10.0 Å². The van der Waals surface area contributed by atoms with Gasteiger partial charge in [-0.2, -0.15) is 5.10 Å². The fraction of sp³-hybridized carbons (Fsp3) is 0.0882. The normalized spacial score (nSPS) is 11.5. The minimum Gasteiger partial charge on any atom is -0.452 e. The Morgan fingerprint density at radius 2 is 1.48 bits per heavy atom. The third-order valence-corrected chi connectivity index (χ3v) is 8.48. The van der Waals surface area contributed by atoms with Gasteiger partial charge >= 0.3 is 5.97 Å². The molecule has 0 aliphatic rings. The van der Waals surface area contributed by atoms with Crippen LogP contribution in [0.5, 0.6) is 0 Å². The second-order valence-electron chi connectivity index (χ2n) is 9.96. The van der Waals surface area contributed by atoms with Crippen LogP contribution in [0.4, 0.5) is 5.69 Å². The molecule has 1 heterocycles. The molecule has 0 aliphatic carbocycles. The van der Waals surface area contributed by atoms with Gasteiger partial charge in [-0.15, -0.1) is 0 Å². The maximum atomic E-state index is 12.6. The molecule has 9 nitrogen and oxygen atoms in total. The fourth-order valence-corrected chi connectivity index (χ4v) is 5.33. The van der Waals surface area contributed by atoms with E-state index in [-0.39, 0.29) is 10.6 Å². The molecule has 0 aliphatic heterocycles. The van der Waals surface area contributed by atoms with Gasteiger partial charge in [-0.25, -0.2) is 22.2 Å². The average Bonchev–Trinajstić information content (AvgIpc) is 3.48. The number of carbonyl (C=O) groups is 2. The number of hydrogen-bond donors (Lipinski definition) is 1. The van der Waals surface area contributed by atoms with Gasteiger partial charge in [-0.05, 0) is 47.5 Å². The van der Waals surface area contributed by atoms with Gasteiger partial charge in [-0.3, -0.25) is 4.79 Å². The highest BCUT2D eigenvalue weighted by Crippen LogP contribution is 2.28. The number of hydrogen-bond acceptors (Lipinski definition) is 6. The quantitative estimate of drug-likeness (QED) is 0.163. The lowest BCUT2D eigenvalue weighted by Gasteiger charge is -2.12. The highest BCUT2D eigenvalue weighted by atomic mass is 32.2. The Balaban J connectivity index is 1.29. The number of sulfonamides is 1. The van der Waals surface area contributed by atoms with Crippen LogP contribution in [-0.4, -0.2) is 55.1 Å². The minimum atomic E-state index is -3.67. The van der Waals surface area contributed by atoms with Crippen molar-refractivity contribution >= 4 is 33.7 Å². The van der Waals surface area contributed by atoms with Gasteiger partial charge in [0.1, 0.15) is 0 Å². The second-order valence-corrected chi connectivity index (χ2v) is 12.1. The van der Waals surface area contributed by atoms with Gasteiger partial charge in [0.15, 0.2) is 6.61 Å². The molecular formula is C34H30N4O5S. The van der Waals surface area contributed by atoms with Gasteiger partial charge in [-0.1, -0.05) is 78.9 Å². The van der Waals surface area contributed by atoms with Gasteiger partial charge in [0, 0.05) is 43.2 Å². The summed E-state index contributed by atoms with van der Waals surface area (Å²) in [4.78, 5) is 25.0. The van der Waals surface area contributed by atoms with Crippen molar-refractivity contribution in [3.8, 4) is 28.1 Å². The molecule has 0 saturated heterocycles. The van der Waals surface area contributed by atoms with Crippen LogP contribution < -0.4 is 5.32 Å². The number of para-hydroxylation sites is 1. The first-order valence-electron chi connectivity index (χ1n) is 13.7. The molecule has 0 atom stereocenters. The number of nitrogens with one attached hydrogen (secondary N) is 1. The molecule has 5 rings (SSSR count). The van der Waals surface area contributed by atoms with Crippen molar-refractivity contribution in [2.45, 2.75) is 4.90 Å². The summed E-state index contributed by atoms with van der Waals surface area (Å²) in [6.07, 6.45) is 4.66. The SMILES string of the molecule is CN(C)S(=O)(=O)c1cccc(NC(=O)COC(=O)/C=C/c2cn(-c3ccccc3)nc2-c2ccc(-c3ccccc3)cc2)c1. The first kappa shape index (κ1) is 30.1. The molecular weight excluding hydrogens is 576 g/mol. The molecule has 0 bridgehead atoms. The first-order chi connectivity index (χ1) is 21.2. The summed E-state index contributed by atoms with van der Waals surface area (Å²) in [5.41, 5.74) is 5.51. The summed E-state index contributed by atoms with van der Waals surface area (Å²) in [5.74, 6) is -1.33. The maximum absolute atomic E-state index is 12.6. The monoisotopic (exact) mass is 606 g/mol. The molecule has 222 valence electrons. The third-order valence-electron chi connectivity index (χ3n) is 6.67. The topological polar surface area (TPSA) is 111 Å². The lowest BCUT2D eigenvalue weighted by Crippen LogP contribution is -2.23. The van der Waals surface area contributed by atoms with Crippen molar-refractivity contribution in [3.63, 3.8) is 0 Å². The average molecular weight is 607 g/mol. The Morgan fingerprint density at radius 3 is 2.16 bits per heavy atom. The number of anilines is 1. The second kappa shape index (κ2) is 13.3. The van der Waals surface area contributed by atoms with Crippen LogP contribution in [0.2, 0.25) is 0 Å². The number of rotatable bonds is 10. The van der Waals surface area contributed by atoms with Crippen molar-refractivity contribution in [1.29, 1.82) is 0 Å². The van der Waals surface area contributed by atoms with Crippen LogP contribution in [0.25, 0.3) is 34.1 Å². The molecule has 4 aromatic carbocycles. The molecule has 0 spiro atoms. The summed E-state index contributed by atoms with van der Waals surface area (Å²) < 4.78 is 32.7. The van der Waals surface area contributed by atoms with E-state index in [9.17, 15) is 18.0 Å². The van der Waals surface area contributed by atoms with Gasteiger partial charge in [0.25, 0.3) is 5.91 Å². The third kappa shape index (κ3) is 7.17. The van der Waals surface area contributed by atoms with Gasteiger partial charge in [0.05, 0.1) is 16.3 Å². The summed E-state index contributed by atoms with van der Waals surface area (Å²) in [7, 11) is -0.826. The van der Waals surface area contributed by atoms with Crippen LogP contribution in [-0.2, 0) is 24.3 Å². The molecule has 44 heavy (non-hydrogen) atoms. The van der Waals surface area contributed by atoms with Crippen molar-refractivity contribution in [3.05, 3.63) is 127 Å². The van der Waals surface area contributed by atoms with E-state index in [1.165, 1.54) is 38.4 Å². The molecule has 0 radical (unpaired) electrons. The molecule has 0 unspecified atom stereocenters. The largest absolute Gasteiger partial charge is 0.452 e. The van der Waals surface area contributed by atoms with Crippen molar-refractivity contribution in [2.75, 3.05) is 26.0 Å². The number of esters is 1. The zero-order valence-electron chi connectivity index (χ0n) is 24.1. The van der Waals surface area contributed by atoms with E-state index < -0.39 is 28.5 Å². The first-order valence-corrected chi connectivity index (χ1v) is 15.1. The Bertz CT molecular complexity index is 1900. The summed E-state index contributed by atoms with van der Waals surface area (Å²) in [6.45, 7) is -0.551. The van der Waals surface area contributed by atoms with Crippen molar-refractivity contribution in [2.24, 2.45) is 0 Å². The predicted octanol–water partition coefficient (Wildman–Crippen LogP) is 5.65. The van der Waals surface area contributed by atoms with Crippen LogP contribution in [0.1, 0.15) is 5.56 Å². The molecule has 10 heteroatoms. The molecule has 1 amide bonds. The molecule has 0 fully saturated rings. The zero-order chi connectivity index (χ0) is 31.1. The maximum Gasteiger partial charge on any atom is 0.331 e. The number of aromatic nitrogens is 2. The standard InChI is InChI=1S/C34H30N4O5S/c1-37(2)44(41,42)31-15-9-12-29(22-31)35-32(39)24-43-33(40)21-20-28-23-38(30-13-7-4-8-14-30)36-34(28)27-18-16-26(17-19-27)25-10-5-3-6-11-25/h3-23H,24H2,1-2H3,(H,35,39)/b21-20+. The van der Waals surface area contributed by atoms with E-state index in [0.717, 1.165) is 26.7 Å². The van der Waals surface area contributed by atoms with Crippen LogP contribution in [0.15, 0.2) is 126 Å². The molecule has 1 aromatic heterocycles. The van der Waals surface area contributed by atoms with E-state index in [1.54, 1.807) is 16.8 Å². The van der Waals surface area contributed by atoms with Crippen LogP contribution in [0, 0.1) is 0 Å². The molecule has 1 N–H and O–H groups in total. The summed E-state index contributed by atoms with van der Waals surface area (Å²) in [5, 5.41) is 7.34. The Morgan fingerprint density at radius 1 is 0.841 bits per heavy atom. The lowest BCUT2D eigenvalue weighted by molar-refractivity contribution is -0.142. The summed E-state index contributed by atoms with van der Waals surface area (Å²) in [6, 6.07) is 33.5. The molecule has 0 saturated carbocycles. The van der Waals surface area contributed by atoms with E-state index in [1.807, 2.05) is 91.1 Å². The predicted molar refractivity (Wildman–Crippen MR) is 170 cm³/mol. The number of ether oxygens (including phenoxy) is 1. The fourth-order valence-electron chi connectivity index (χ4n) is 4.38. The Kier molecular flexibility index (Phi) is 9.13. The minimum absolute atomic E-state index is 0.0294. The smallest absolute Gasteiger partial charge is 0.331 e. The van der Waals surface area contributed by atoms with Crippen LogP contribution in [0.3, 0.4) is 0 Å².